The van der Waals surface area contributed by atoms with Gasteiger partial charge in [0.05, 0.1) is 15.8 Å². The van der Waals surface area contributed by atoms with Gasteiger partial charge in [-0.15, -0.1) is 0 Å². The summed E-state index contributed by atoms with van der Waals surface area (Å²) in [7, 11) is 1.91. The Morgan fingerprint density at radius 3 is 2.63 bits per heavy atom. The minimum Gasteiger partial charge on any atom is -0.397 e. The number of rotatable bonds is 3. The van der Waals surface area contributed by atoms with E-state index in [0.717, 1.165) is 0 Å². The number of hydrogen-bond acceptors (Lipinski definition) is 2. The molecule has 0 bridgehead atoms. The predicted octanol–water partition coefficient (Wildman–Crippen LogP) is 4.12. The van der Waals surface area contributed by atoms with E-state index >= 15 is 0 Å². The van der Waals surface area contributed by atoms with Crippen molar-refractivity contribution in [1.82, 2.24) is 0 Å². The van der Waals surface area contributed by atoms with Crippen LogP contribution < -0.4 is 10.6 Å². The second-order valence-corrected chi connectivity index (χ2v) is 5.46. The Morgan fingerprint density at radius 2 is 1.95 bits per heavy atom. The molecule has 100 valence electrons. The van der Waals surface area contributed by atoms with Gasteiger partial charge in [-0.05, 0) is 40.0 Å². The van der Waals surface area contributed by atoms with E-state index in [1.165, 1.54) is 17.2 Å². The van der Waals surface area contributed by atoms with Crippen molar-refractivity contribution >= 4 is 27.3 Å². The monoisotopic (exact) mass is 322 g/mol. The highest BCUT2D eigenvalue weighted by molar-refractivity contribution is 9.10. The molecule has 0 unspecified atom stereocenters. The van der Waals surface area contributed by atoms with Crippen LogP contribution in [-0.4, -0.2) is 7.05 Å². The molecule has 0 spiro atoms. The Hall–Kier alpha value is -1.55. The van der Waals surface area contributed by atoms with E-state index in [9.17, 15) is 4.39 Å². The zero-order chi connectivity index (χ0) is 14.0. The molecule has 0 heterocycles. The molecule has 0 aromatic heterocycles. The molecule has 0 fully saturated rings. The summed E-state index contributed by atoms with van der Waals surface area (Å²) in [4.78, 5) is 1.95. The van der Waals surface area contributed by atoms with E-state index in [1.807, 2.05) is 24.1 Å². The molecule has 0 atom stereocenters. The van der Waals surface area contributed by atoms with Gasteiger partial charge in [0.25, 0.3) is 0 Å². The Bertz CT molecular complexity index is 599. The van der Waals surface area contributed by atoms with Gasteiger partial charge in [-0.1, -0.05) is 24.3 Å². The standard InChI is InChI=1S/C15H16BrFN2/c1-10-5-3-4-6-11(10)9-19(2)15-8-13(17)12(16)7-14(15)18/h3-8H,9,18H2,1-2H3. The second-order valence-electron chi connectivity index (χ2n) is 4.61. The van der Waals surface area contributed by atoms with Crippen LogP contribution in [0.15, 0.2) is 40.9 Å². The SMILES string of the molecule is Cc1ccccc1CN(C)c1cc(F)c(Br)cc1N. The fourth-order valence-electron chi connectivity index (χ4n) is 2.01. The molecule has 2 nitrogen and oxygen atoms in total. The number of nitrogen functional groups attached to an aromatic ring is 1. The lowest BCUT2D eigenvalue weighted by atomic mass is 10.1. The van der Waals surface area contributed by atoms with Crippen molar-refractivity contribution in [3.63, 3.8) is 0 Å². The van der Waals surface area contributed by atoms with E-state index in [2.05, 4.69) is 35.0 Å². The highest BCUT2D eigenvalue weighted by Gasteiger charge is 2.11. The number of nitrogens with zero attached hydrogens (tertiary/aromatic N) is 1. The molecule has 0 radical (unpaired) electrons. The number of benzene rings is 2. The van der Waals surface area contributed by atoms with Crippen LogP contribution in [0, 0.1) is 12.7 Å². The van der Waals surface area contributed by atoms with Crippen molar-refractivity contribution in [2.24, 2.45) is 0 Å². The molecule has 2 N–H and O–H groups in total. The van der Waals surface area contributed by atoms with Crippen LogP contribution in [0.5, 0.6) is 0 Å². The molecule has 0 amide bonds. The normalized spacial score (nSPS) is 10.5. The highest BCUT2D eigenvalue weighted by atomic mass is 79.9. The summed E-state index contributed by atoms with van der Waals surface area (Å²) in [6.07, 6.45) is 0. The first-order valence-electron chi connectivity index (χ1n) is 5.99. The van der Waals surface area contributed by atoms with Crippen LogP contribution in [0.1, 0.15) is 11.1 Å². The van der Waals surface area contributed by atoms with Gasteiger partial charge in [0.1, 0.15) is 5.82 Å². The molecule has 2 aromatic rings. The van der Waals surface area contributed by atoms with Gasteiger partial charge in [0.2, 0.25) is 0 Å². The van der Waals surface area contributed by atoms with Crippen molar-refractivity contribution in [3.8, 4) is 0 Å². The quantitative estimate of drug-likeness (QED) is 0.861. The molecule has 4 heteroatoms. The molecular formula is C15H16BrFN2. The van der Waals surface area contributed by atoms with Crippen LogP contribution in [0.25, 0.3) is 0 Å². The first-order valence-corrected chi connectivity index (χ1v) is 6.78. The summed E-state index contributed by atoms with van der Waals surface area (Å²) in [5, 5.41) is 0. The molecule has 0 saturated heterocycles. The lowest BCUT2D eigenvalue weighted by molar-refractivity contribution is 0.620. The van der Waals surface area contributed by atoms with Crippen LogP contribution >= 0.6 is 15.9 Å². The van der Waals surface area contributed by atoms with Crippen molar-refractivity contribution in [2.75, 3.05) is 17.7 Å². The van der Waals surface area contributed by atoms with Crippen LogP contribution in [0.2, 0.25) is 0 Å². The Morgan fingerprint density at radius 1 is 1.26 bits per heavy atom. The van der Waals surface area contributed by atoms with E-state index < -0.39 is 0 Å². The van der Waals surface area contributed by atoms with Gasteiger partial charge >= 0.3 is 0 Å². The van der Waals surface area contributed by atoms with E-state index in [-0.39, 0.29) is 5.82 Å². The van der Waals surface area contributed by atoms with Crippen molar-refractivity contribution < 1.29 is 4.39 Å². The molecule has 19 heavy (non-hydrogen) atoms. The number of aryl methyl sites for hydroxylation is 1. The summed E-state index contributed by atoms with van der Waals surface area (Å²) in [6, 6.07) is 11.2. The summed E-state index contributed by atoms with van der Waals surface area (Å²) in [6.45, 7) is 2.76. The van der Waals surface area contributed by atoms with Crippen molar-refractivity contribution in [1.29, 1.82) is 0 Å². The van der Waals surface area contributed by atoms with Gasteiger partial charge in [0.15, 0.2) is 0 Å². The Labute approximate surface area is 121 Å². The number of hydrogen-bond donors (Lipinski definition) is 1. The van der Waals surface area contributed by atoms with Gasteiger partial charge < -0.3 is 10.6 Å². The molecule has 0 aliphatic rings. The van der Waals surface area contributed by atoms with Gasteiger partial charge in [-0.3, -0.25) is 0 Å². The topological polar surface area (TPSA) is 29.3 Å². The molecule has 0 aliphatic heterocycles. The summed E-state index contributed by atoms with van der Waals surface area (Å²) in [5.41, 5.74) is 9.62. The van der Waals surface area contributed by atoms with Gasteiger partial charge in [0, 0.05) is 19.7 Å². The third-order valence-corrected chi connectivity index (χ3v) is 3.76. The van der Waals surface area contributed by atoms with Crippen LogP contribution in [0.3, 0.4) is 0 Å². The highest BCUT2D eigenvalue weighted by Crippen LogP contribution is 2.29. The minimum atomic E-state index is -0.305. The first-order chi connectivity index (χ1) is 8.99. The molecule has 2 aromatic carbocycles. The van der Waals surface area contributed by atoms with Gasteiger partial charge in [-0.25, -0.2) is 4.39 Å². The van der Waals surface area contributed by atoms with E-state index in [1.54, 1.807) is 6.07 Å². The fourth-order valence-corrected chi connectivity index (χ4v) is 2.37. The smallest absolute Gasteiger partial charge is 0.139 e. The zero-order valence-electron chi connectivity index (χ0n) is 11.0. The van der Waals surface area contributed by atoms with Crippen LogP contribution in [-0.2, 0) is 6.54 Å². The maximum atomic E-state index is 13.6. The number of nitrogens with two attached hydrogens (primary N) is 1. The summed E-state index contributed by atoms with van der Waals surface area (Å²) < 4.78 is 14.0. The maximum absolute atomic E-state index is 13.6. The Kier molecular flexibility index (Phi) is 4.10. The number of anilines is 2. The third-order valence-electron chi connectivity index (χ3n) is 3.15. The molecule has 0 aliphatic carbocycles. The minimum absolute atomic E-state index is 0.305. The third kappa shape index (κ3) is 3.07. The largest absolute Gasteiger partial charge is 0.397 e. The summed E-state index contributed by atoms with van der Waals surface area (Å²) >= 11 is 3.13. The number of halogens is 2. The molecule has 2 rings (SSSR count). The maximum Gasteiger partial charge on any atom is 0.139 e. The van der Waals surface area contributed by atoms with Crippen LogP contribution in [0.4, 0.5) is 15.8 Å². The van der Waals surface area contributed by atoms with E-state index in [4.69, 9.17) is 5.73 Å². The molecule has 0 saturated carbocycles. The van der Waals surface area contributed by atoms with Gasteiger partial charge in [-0.2, -0.15) is 0 Å². The predicted molar refractivity (Wildman–Crippen MR) is 81.8 cm³/mol. The molecular weight excluding hydrogens is 307 g/mol. The van der Waals surface area contributed by atoms with Crippen molar-refractivity contribution in [3.05, 3.63) is 57.8 Å². The average molecular weight is 323 g/mol. The lowest BCUT2D eigenvalue weighted by Gasteiger charge is -2.22. The lowest BCUT2D eigenvalue weighted by Crippen LogP contribution is -2.18. The zero-order valence-corrected chi connectivity index (χ0v) is 12.5. The van der Waals surface area contributed by atoms with Crippen molar-refractivity contribution in [2.45, 2.75) is 13.5 Å². The second kappa shape index (κ2) is 5.61. The van der Waals surface area contributed by atoms with E-state index in [0.29, 0.717) is 22.4 Å². The summed E-state index contributed by atoms with van der Waals surface area (Å²) in [5.74, 6) is -0.305. The fraction of sp³-hybridized carbons (Fsp3) is 0.200. The average Bonchev–Trinajstić information content (AvgIpc) is 2.36. The first kappa shape index (κ1) is 13.9. The Balaban J connectivity index is 2.28.